The lowest BCUT2D eigenvalue weighted by molar-refractivity contribution is 0.163. The van der Waals surface area contributed by atoms with Crippen molar-refractivity contribution in [1.29, 1.82) is 0 Å². The lowest BCUT2D eigenvalue weighted by Gasteiger charge is -2.43. The third-order valence-corrected chi connectivity index (χ3v) is 10.6. The van der Waals surface area contributed by atoms with Crippen LogP contribution in [0.4, 0.5) is 0 Å². The van der Waals surface area contributed by atoms with Crippen LogP contribution in [-0.2, 0) is 9.16 Å². The van der Waals surface area contributed by atoms with Gasteiger partial charge in [-0.3, -0.25) is 0 Å². The summed E-state index contributed by atoms with van der Waals surface area (Å²) in [4.78, 5) is 0. The molecule has 0 saturated carbocycles. The number of fused-ring (bicyclic) bond motifs is 1. The minimum absolute atomic E-state index is 0.0766. The second-order valence-electron chi connectivity index (χ2n) is 8.89. The van der Waals surface area contributed by atoms with Crippen LogP contribution in [0.1, 0.15) is 49.5 Å². The number of benzene rings is 2. The monoisotopic (exact) mass is 396 g/mol. The third kappa shape index (κ3) is 3.76. The van der Waals surface area contributed by atoms with E-state index >= 15 is 0 Å². The molecule has 0 aliphatic heterocycles. The van der Waals surface area contributed by atoms with Crippen molar-refractivity contribution in [2.45, 2.75) is 50.9 Å². The van der Waals surface area contributed by atoms with Crippen LogP contribution in [0, 0.1) is 0 Å². The molecule has 3 nitrogen and oxygen atoms in total. The Balaban J connectivity index is 2.19. The van der Waals surface area contributed by atoms with Crippen molar-refractivity contribution in [3.63, 3.8) is 0 Å². The van der Waals surface area contributed by atoms with Crippen molar-refractivity contribution in [3.05, 3.63) is 71.3 Å². The highest BCUT2D eigenvalue weighted by molar-refractivity contribution is 6.74. The predicted molar refractivity (Wildman–Crippen MR) is 118 cm³/mol. The van der Waals surface area contributed by atoms with Crippen molar-refractivity contribution in [2.24, 2.45) is 0 Å². The first-order valence-corrected chi connectivity index (χ1v) is 12.8. The van der Waals surface area contributed by atoms with Crippen molar-refractivity contribution in [1.82, 2.24) is 0 Å². The van der Waals surface area contributed by atoms with Gasteiger partial charge in [-0.2, -0.15) is 0 Å². The zero-order valence-corrected chi connectivity index (χ0v) is 19.1. The average Bonchev–Trinajstić information content (AvgIpc) is 2.67. The Morgan fingerprint density at radius 1 is 0.857 bits per heavy atom. The smallest absolute Gasteiger partial charge is 0.192 e. The van der Waals surface area contributed by atoms with Crippen LogP contribution in [0.25, 0.3) is 5.76 Å². The largest absolute Gasteiger partial charge is 0.496 e. The van der Waals surface area contributed by atoms with E-state index in [0.717, 1.165) is 22.6 Å². The van der Waals surface area contributed by atoms with Gasteiger partial charge < -0.3 is 13.9 Å². The molecule has 4 heteroatoms. The first-order valence-electron chi connectivity index (χ1n) is 9.85. The lowest BCUT2D eigenvalue weighted by atomic mass is 9.81. The standard InChI is InChI=1S/C24H32O3Si/c1-24(2,3)28(6,7)27-23-18-14-11-15-20(25-4)22(18)21(26-5)16-19(23)17-12-9-8-10-13-17/h8-16,19,23H,1-7H3. The highest BCUT2D eigenvalue weighted by Gasteiger charge is 2.43. The maximum atomic E-state index is 7.01. The molecule has 1 aliphatic rings. The van der Waals surface area contributed by atoms with Crippen molar-refractivity contribution < 1.29 is 13.9 Å². The molecule has 0 fully saturated rings. The van der Waals surface area contributed by atoms with E-state index in [9.17, 15) is 0 Å². The molecule has 2 unspecified atom stereocenters. The quantitative estimate of drug-likeness (QED) is 0.537. The first-order chi connectivity index (χ1) is 13.2. The zero-order chi connectivity index (χ0) is 20.5. The third-order valence-electron chi connectivity index (χ3n) is 6.12. The summed E-state index contributed by atoms with van der Waals surface area (Å²) in [6, 6.07) is 16.7. The molecule has 28 heavy (non-hydrogen) atoms. The minimum Gasteiger partial charge on any atom is -0.496 e. The van der Waals surface area contributed by atoms with Gasteiger partial charge in [-0.15, -0.1) is 0 Å². The van der Waals surface area contributed by atoms with Gasteiger partial charge in [0.1, 0.15) is 11.5 Å². The molecule has 2 aromatic carbocycles. The number of ether oxygens (including phenoxy) is 2. The summed E-state index contributed by atoms with van der Waals surface area (Å²) in [5.41, 5.74) is 3.37. The van der Waals surface area contributed by atoms with E-state index < -0.39 is 8.32 Å². The van der Waals surface area contributed by atoms with Crippen LogP contribution < -0.4 is 4.74 Å². The Morgan fingerprint density at radius 3 is 2.11 bits per heavy atom. The highest BCUT2D eigenvalue weighted by Crippen LogP contribution is 2.50. The summed E-state index contributed by atoms with van der Waals surface area (Å²) in [5, 5.41) is 0.124. The SMILES string of the molecule is COC1=CC(c2ccccc2)C(O[Si](C)(C)C(C)(C)C)c2cccc(OC)c21. The van der Waals surface area contributed by atoms with Crippen LogP contribution in [0.2, 0.25) is 18.1 Å². The number of methoxy groups -OCH3 is 2. The van der Waals surface area contributed by atoms with Gasteiger partial charge in [0.2, 0.25) is 0 Å². The Morgan fingerprint density at radius 2 is 1.54 bits per heavy atom. The van der Waals surface area contributed by atoms with Crippen molar-refractivity contribution in [3.8, 4) is 5.75 Å². The fraction of sp³-hybridized carbons (Fsp3) is 0.417. The number of hydrogen-bond donors (Lipinski definition) is 0. The first kappa shape index (κ1) is 20.7. The molecule has 0 saturated heterocycles. The van der Waals surface area contributed by atoms with Gasteiger partial charge in [0.05, 0.1) is 25.9 Å². The Kier molecular flexibility index (Phi) is 5.73. The second kappa shape index (κ2) is 7.76. The van der Waals surface area contributed by atoms with E-state index in [4.69, 9.17) is 13.9 Å². The van der Waals surface area contributed by atoms with Gasteiger partial charge in [-0.05, 0) is 41.4 Å². The molecule has 0 heterocycles. The van der Waals surface area contributed by atoms with E-state index in [1.807, 2.05) is 18.2 Å². The molecule has 150 valence electrons. The van der Waals surface area contributed by atoms with Crippen LogP contribution in [0.5, 0.6) is 5.75 Å². The molecule has 0 radical (unpaired) electrons. The molecule has 2 aromatic rings. The Hall–Kier alpha value is -2.04. The van der Waals surface area contributed by atoms with Crippen molar-refractivity contribution in [2.75, 3.05) is 14.2 Å². The van der Waals surface area contributed by atoms with Crippen molar-refractivity contribution >= 4 is 14.1 Å². The summed E-state index contributed by atoms with van der Waals surface area (Å²) >= 11 is 0. The van der Waals surface area contributed by atoms with Gasteiger partial charge in [0.25, 0.3) is 0 Å². The van der Waals surface area contributed by atoms with E-state index in [1.165, 1.54) is 5.56 Å². The molecule has 0 aromatic heterocycles. The molecular formula is C24H32O3Si. The predicted octanol–water partition coefficient (Wildman–Crippen LogP) is 6.54. The van der Waals surface area contributed by atoms with Crippen LogP contribution in [0.15, 0.2) is 54.6 Å². The molecule has 0 N–H and O–H groups in total. The summed E-state index contributed by atoms with van der Waals surface area (Å²) in [6.45, 7) is 11.5. The highest BCUT2D eigenvalue weighted by atomic mass is 28.4. The zero-order valence-electron chi connectivity index (χ0n) is 18.1. The fourth-order valence-corrected chi connectivity index (χ4v) is 4.76. The normalized spacial score (nSPS) is 19.6. The summed E-state index contributed by atoms with van der Waals surface area (Å²) < 4.78 is 18.5. The second-order valence-corrected chi connectivity index (χ2v) is 13.7. The molecule has 2 atom stereocenters. The molecule has 3 rings (SSSR count). The Bertz CT molecular complexity index is 850. The average molecular weight is 397 g/mol. The molecular weight excluding hydrogens is 364 g/mol. The summed E-state index contributed by atoms with van der Waals surface area (Å²) in [5.74, 6) is 1.75. The maximum absolute atomic E-state index is 7.01. The minimum atomic E-state index is -2.01. The molecule has 0 amide bonds. The van der Waals surface area contributed by atoms with Gasteiger partial charge in [-0.25, -0.2) is 0 Å². The van der Waals surface area contributed by atoms with Crippen LogP contribution in [-0.4, -0.2) is 22.5 Å². The molecule has 0 bridgehead atoms. The number of rotatable bonds is 5. The molecule has 0 spiro atoms. The Labute approximate surface area is 170 Å². The van der Waals surface area contributed by atoms with E-state index in [2.05, 4.69) is 70.3 Å². The fourth-order valence-electron chi connectivity index (χ4n) is 3.49. The van der Waals surface area contributed by atoms with Gasteiger partial charge in [0.15, 0.2) is 8.32 Å². The van der Waals surface area contributed by atoms with Crippen LogP contribution >= 0.6 is 0 Å². The van der Waals surface area contributed by atoms with Gasteiger partial charge in [-0.1, -0.05) is 63.2 Å². The summed E-state index contributed by atoms with van der Waals surface area (Å²) in [7, 11) is 1.42. The van der Waals surface area contributed by atoms with Crippen LogP contribution in [0.3, 0.4) is 0 Å². The number of hydrogen-bond acceptors (Lipinski definition) is 3. The van der Waals surface area contributed by atoms with E-state index in [-0.39, 0.29) is 17.1 Å². The van der Waals surface area contributed by atoms with E-state index in [0.29, 0.717) is 0 Å². The van der Waals surface area contributed by atoms with Gasteiger partial charge in [0, 0.05) is 5.92 Å². The maximum Gasteiger partial charge on any atom is 0.192 e. The molecule has 1 aliphatic carbocycles. The lowest BCUT2D eigenvalue weighted by Crippen LogP contribution is -2.43. The van der Waals surface area contributed by atoms with Gasteiger partial charge >= 0.3 is 0 Å². The van der Waals surface area contributed by atoms with E-state index in [1.54, 1.807) is 14.2 Å². The topological polar surface area (TPSA) is 27.7 Å². The summed E-state index contributed by atoms with van der Waals surface area (Å²) in [6.07, 6.45) is 2.12.